The fourth-order valence-corrected chi connectivity index (χ4v) is 3.83. The second-order valence-electron chi connectivity index (χ2n) is 5.63. The number of nitrogens with one attached hydrogen (secondary N) is 2. The van der Waals surface area contributed by atoms with Crippen molar-refractivity contribution in [1.82, 2.24) is 20.2 Å². The highest BCUT2D eigenvalue weighted by atomic mass is 32.2. The summed E-state index contributed by atoms with van der Waals surface area (Å²) in [6, 6.07) is 12.5. The third-order valence-electron chi connectivity index (χ3n) is 3.85. The molecule has 0 bridgehead atoms. The molecule has 136 valence electrons. The van der Waals surface area contributed by atoms with Gasteiger partial charge < -0.3 is 10.6 Å². The summed E-state index contributed by atoms with van der Waals surface area (Å²) in [6.07, 6.45) is 1.89. The van der Waals surface area contributed by atoms with Crippen LogP contribution in [0.4, 0.5) is 11.4 Å². The molecule has 0 fully saturated rings. The molecule has 0 atom stereocenters. The molecule has 8 nitrogen and oxygen atoms in total. The molecule has 0 unspecified atom stereocenters. The van der Waals surface area contributed by atoms with Gasteiger partial charge in [0.05, 0.1) is 17.1 Å². The van der Waals surface area contributed by atoms with Crippen molar-refractivity contribution in [3.05, 3.63) is 48.0 Å². The van der Waals surface area contributed by atoms with Crippen LogP contribution in [0.2, 0.25) is 0 Å². The molecule has 1 aliphatic rings. The molecule has 0 radical (unpaired) electrons. The lowest BCUT2D eigenvalue weighted by atomic mass is 10.1. The Balaban J connectivity index is 1.56. The molecule has 2 amide bonds. The molecule has 1 aromatic heterocycles. The molecular formula is C17H14N6O2S2. The Morgan fingerprint density at radius 1 is 1.30 bits per heavy atom. The van der Waals surface area contributed by atoms with Crippen LogP contribution in [0.3, 0.4) is 0 Å². The topological polar surface area (TPSA) is 102 Å². The number of hydrogen-bond acceptors (Lipinski definition) is 7. The molecule has 0 saturated heterocycles. The summed E-state index contributed by atoms with van der Waals surface area (Å²) in [5.74, 6) is 0.0610. The minimum atomic E-state index is -0.262. The van der Waals surface area contributed by atoms with E-state index in [2.05, 4.69) is 26.2 Å². The minimum Gasteiger partial charge on any atom is -0.324 e. The first-order valence-electron chi connectivity index (χ1n) is 7.95. The largest absolute Gasteiger partial charge is 0.324 e. The van der Waals surface area contributed by atoms with Crippen LogP contribution < -0.4 is 10.6 Å². The van der Waals surface area contributed by atoms with Gasteiger partial charge in [-0.15, -0.1) is 16.9 Å². The summed E-state index contributed by atoms with van der Waals surface area (Å²) in [5, 5.41) is 17.9. The maximum atomic E-state index is 12.6. The summed E-state index contributed by atoms with van der Waals surface area (Å²) >= 11 is 2.89. The predicted molar refractivity (Wildman–Crippen MR) is 105 cm³/mol. The third kappa shape index (κ3) is 3.67. The van der Waals surface area contributed by atoms with Gasteiger partial charge in [0.15, 0.2) is 0 Å². The maximum absolute atomic E-state index is 12.6. The van der Waals surface area contributed by atoms with E-state index in [-0.39, 0.29) is 11.8 Å². The zero-order valence-electron chi connectivity index (χ0n) is 14.2. The second kappa shape index (κ2) is 7.41. The van der Waals surface area contributed by atoms with Crippen molar-refractivity contribution in [1.29, 1.82) is 0 Å². The highest BCUT2D eigenvalue weighted by molar-refractivity contribution is 8.00. The number of anilines is 2. The average molecular weight is 398 g/mol. The van der Waals surface area contributed by atoms with Crippen molar-refractivity contribution in [2.45, 2.75) is 10.1 Å². The van der Waals surface area contributed by atoms with Crippen molar-refractivity contribution in [2.75, 3.05) is 22.6 Å². The SMILES string of the molecule is CSc1nnnn1-c1cccc(NC(=O)c2ccc3c(c2)NC(=O)CS3)c1. The number of thioether (sulfide) groups is 2. The van der Waals surface area contributed by atoms with Crippen molar-refractivity contribution >= 4 is 46.7 Å². The Labute approximate surface area is 163 Å². The highest BCUT2D eigenvalue weighted by Crippen LogP contribution is 2.32. The molecule has 0 aliphatic carbocycles. The summed E-state index contributed by atoms with van der Waals surface area (Å²) in [6.45, 7) is 0. The highest BCUT2D eigenvalue weighted by Gasteiger charge is 2.17. The van der Waals surface area contributed by atoms with E-state index >= 15 is 0 Å². The molecule has 3 aromatic rings. The van der Waals surface area contributed by atoms with E-state index in [1.54, 1.807) is 28.9 Å². The Morgan fingerprint density at radius 3 is 3.04 bits per heavy atom. The van der Waals surface area contributed by atoms with Crippen LogP contribution >= 0.6 is 23.5 Å². The molecule has 10 heteroatoms. The number of amides is 2. The molecule has 2 N–H and O–H groups in total. The van der Waals surface area contributed by atoms with E-state index in [1.165, 1.54) is 23.5 Å². The lowest BCUT2D eigenvalue weighted by Crippen LogP contribution is -2.20. The lowest BCUT2D eigenvalue weighted by molar-refractivity contribution is -0.113. The Bertz CT molecular complexity index is 1040. The average Bonchev–Trinajstić information content (AvgIpc) is 3.16. The summed E-state index contributed by atoms with van der Waals surface area (Å²) < 4.78 is 1.60. The zero-order valence-corrected chi connectivity index (χ0v) is 15.8. The van der Waals surface area contributed by atoms with Gasteiger partial charge in [0.25, 0.3) is 5.91 Å². The molecule has 2 aromatic carbocycles. The minimum absolute atomic E-state index is 0.0659. The predicted octanol–water partition coefficient (Wildman–Crippen LogP) is 2.68. The Kier molecular flexibility index (Phi) is 4.82. The van der Waals surface area contributed by atoms with Crippen molar-refractivity contribution in [3.63, 3.8) is 0 Å². The number of carbonyl (C=O) groups excluding carboxylic acids is 2. The molecule has 1 aliphatic heterocycles. The van der Waals surface area contributed by atoms with Crippen molar-refractivity contribution in [3.8, 4) is 5.69 Å². The number of hydrogen-bond donors (Lipinski definition) is 2. The normalized spacial score (nSPS) is 13.0. The van der Waals surface area contributed by atoms with Gasteiger partial charge in [-0.3, -0.25) is 9.59 Å². The smallest absolute Gasteiger partial charge is 0.255 e. The quantitative estimate of drug-likeness (QED) is 0.652. The first-order valence-corrected chi connectivity index (χ1v) is 10.2. The Morgan fingerprint density at radius 2 is 2.19 bits per heavy atom. The van der Waals surface area contributed by atoms with Crippen LogP contribution in [-0.2, 0) is 4.79 Å². The number of tetrazole rings is 1. The number of carbonyl (C=O) groups is 2. The molecule has 4 rings (SSSR count). The van der Waals surface area contributed by atoms with Crippen molar-refractivity contribution in [2.24, 2.45) is 0 Å². The Hall–Kier alpha value is -2.85. The summed E-state index contributed by atoms with van der Waals surface area (Å²) in [7, 11) is 0. The fraction of sp³-hybridized carbons (Fsp3) is 0.118. The third-order valence-corrected chi connectivity index (χ3v) is 5.54. The monoisotopic (exact) mass is 398 g/mol. The summed E-state index contributed by atoms with van der Waals surface area (Å²) in [5.41, 5.74) is 2.50. The number of aromatic nitrogens is 4. The second-order valence-corrected chi connectivity index (χ2v) is 7.42. The van der Waals surface area contributed by atoms with Gasteiger partial charge in [0.2, 0.25) is 11.1 Å². The van der Waals surface area contributed by atoms with Gasteiger partial charge in [-0.2, -0.15) is 4.68 Å². The standard InChI is InChI=1S/C17H14N6O2S2/c1-26-17-20-21-22-23(17)12-4-2-3-11(8-12)18-16(25)10-5-6-14-13(7-10)19-15(24)9-27-14/h2-8H,9H2,1H3,(H,18,25)(H,19,24). The maximum Gasteiger partial charge on any atom is 0.255 e. The van der Waals surface area contributed by atoms with Gasteiger partial charge in [0, 0.05) is 16.1 Å². The first kappa shape index (κ1) is 17.6. The van der Waals surface area contributed by atoms with Crippen LogP contribution in [0.1, 0.15) is 10.4 Å². The molecule has 0 saturated carbocycles. The molecule has 2 heterocycles. The van der Waals surface area contributed by atoms with Crippen LogP contribution in [-0.4, -0.2) is 44.0 Å². The van der Waals surface area contributed by atoms with Crippen LogP contribution in [0.5, 0.6) is 0 Å². The zero-order chi connectivity index (χ0) is 18.8. The van der Waals surface area contributed by atoms with E-state index < -0.39 is 0 Å². The molecule has 0 spiro atoms. The van der Waals surface area contributed by atoms with E-state index in [0.29, 0.717) is 27.8 Å². The van der Waals surface area contributed by atoms with Gasteiger partial charge >= 0.3 is 0 Å². The van der Waals surface area contributed by atoms with E-state index in [1.807, 2.05) is 24.5 Å². The van der Waals surface area contributed by atoms with E-state index in [9.17, 15) is 9.59 Å². The van der Waals surface area contributed by atoms with E-state index in [0.717, 1.165) is 10.6 Å². The number of benzene rings is 2. The fourth-order valence-electron chi connectivity index (χ4n) is 2.61. The number of nitrogens with zero attached hydrogens (tertiary/aromatic N) is 4. The van der Waals surface area contributed by atoms with Gasteiger partial charge in [-0.05, 0) is 53.1 Å². The summed E-state index contributed by atoms with van der Waals surface area (Å²) in [4.78, 5) is 25.1. The number of fused-ring (bicyclic) bond motifs is 1. The molecule has 27 heavy (non-hydrogen) atoms. The first-order chi connectivity index (χ1) is 13.1. The van der Waals surface area contributed by atoms with Crippen LogP contribution in [0.25, 0.3) is 5.69 Å². The van der Waals surface area contributed by atoms with E-state index in [4.69, 9.17) is 0 Å². The van der Waals surface area contributed by atoms with Crippen LogP contribution in [0, 0.1) is 0 Å². The van der Waals surface area contributed by atoms with Gasteiger partial charge in [-0.1, -0.05) is 17.8 Å². The van der Waals surface area contributed by atoms with Crippen LogP contribution in [0.15, 0.2) is 52.5 Å². The molecular weight excluding hydrogens is 384 g/mol. The van der Waals surface area contributed by atoms with Gasteiger partial charge in [-0.25, -0.2) is 0 Å². The van der Waals surface area contributed by atoms with Crippen molar-refractivity contribution < 1.29 is 9.59 Å². The lowest BCUT2D eigenvalue weighted by Gasteiger charge is -2.17. The van der Waals surface area contributed by atoms with Gasteiger partial charge in [0.1, 0.15) is 0 Å². The number of rotatable bonds is 4.